The molecule has 0 fully saturated rings. The summed E-state index contributed by atoms with van der Waals surface area (Å²) < 4.78 is 0.989. The second-order valence-electron chi connectivity index (χ2n) is 5.57. The van der Waals surface area contributed by atoms with Gasteiger partial charge in [0.25, 0.3) is 5.91 Å². The number of hydrogen-bond acceptors (Lipinski definition) is 4. The first-order chi connectivity index (χ1) is 12.1. The average Bonchev–Trinajstić information content (AvgIpc) is 2.62. The first-order valence-electron chi connectivity index (χ1n) is 7.79. The molecule has 3 rings (SSSR count). The molecule has 0 radical (unpaired) electrons. The summed E-state index contributed by atoms with van der Waals surface area (Å²) in [4.78, 5) is 20.7. The highest BCUT2D eigenvalue weighted by molar-refractivity contribution is 9.10. The Labute approximate surface area is 154 Å². The van der Waals surface area contributed by atoms with Gasteiger partial charge in [0, 0.05) is 22.9 Å². The molecule has 0 aliphatic rings. The van der Waals surface area contributed by atoms with Gasteiger partial charge >= 0.3 is 0 Å². The Morgan fingerprint density at radius 3 is 2.68 bits per heavy atom. The number of carbonyl (C=O) groups excluding carboxylic acids is 1. The molecule has 6 heteroatoms. The van der Waals surface area contributed by atoms with E-state index in [2.05, 4.69) is 36.5 Å². The van der Waals surface area contributed by atoms with Crippen LogP contribution >= 0.6 is 15.9 Å². The van der Waals surface area contributed by atoms with Gasteiger partial charge in [0.15, 0.2) is 0 Å². The standard InChI is InChI=1S/C19H17BrN4O/c1-13-3-2-4-14(11-13)12-22-18(25)17-9-10-21-19(24-17)23-16-7-5-15(20)6-8-16/h2-11H,12H2,1H3,(H,22,25)(H,21,23,24). The Balaban J connectivity index is 1.65. The van der Waals surface area contributed by atoms with Crippen molar-refractivity contribution < 1.29 is 4.79 Å². The number of aryl methyl sites for hydroxylation is 1. The number of rotatable bonds is 5. The second kappa shape index (κ2) is 7.90. The lowest BCUT2D eigenvalue weighted by molar-refractivity contribution is 0.0946. The lowest BCUT2D eigenvalue weighted by Crippen LogP contribution is -2.24. The van der Waals surface area contributed by atoms with E-state index < -0.39 is 0 Å². The normalized spacial score (nSPS) is 10.3. The van der Waals surface area contributed by atoms with Gasteiger partial charge < -0.3 is 10.6 Å². The van der Waals surface area contributed by atoms with Crippen LogP contribution in [0.1, 0.15) is 21.6 Å². The maximum absolute atomic E-state index is 12.3. The van der Waals surface area contributed by atoms with Gasteiger partial charge in [0.1, 0.15) is 5.69 Å². The molecule has 25 heavy (non-hydrogen) atoms. The van der Waals surface area contributed by atoms with Crippen LogP contribution in [0.3, 0.4) is 0 Å². The first kappa shape index (κ1) is 17.1. The van der Waals surface area contributed by atoms with Gasteiger partial charge in [-0.2, -0.15) is 0 Å². The van der Waals surface area contributed by atoms with Crippen molar-refractivity contribution in [2.24, 2.45) is 0 Å². The molecule has 2 N–H and O–H groups in total. The summed E-state index contributed by atoms with van der Waals surface area (Å²) in [5.74, 6) is 0.147. The molecule has 2 aromatic carbocycles. The van der Waals surface area contributed by atoms with Gasteiger partial charge in [0.05, 0.1) is 0 Å². The number of halogens is 1. The molecule has 3 aromatic rings. The van der Waals surface area contributed by atoms with Crippen LogP contribution in [0, 0.1) is 6.92 Å². The van der Waals surface area contributed by atoms with E-state index in [0.717, 1.165) is 21.3 Å². The molecule has 1 amide bonds. The maximum atomic E-state index is 12.3. The Bertz CT molecular complexity index is 881. The third kappa shape index (κ3) is 4.87. The third-order valence-electron chi connectivity index (χ3n) is 3.52. The van der Waals surface area contributed by atoms with Gasteiger partial charge in [-0.15, -0.1) is 0 Å². The average molecular weight is 397 g/mol. The van der Waals surface area contributed by atoms with Crippen molar-refractivity contribution in [1.29, 1.82) is 0 Å². The number of hydrogen-bond donors (Lipinski definition) is 2. The molecule has 5 nitrogen and oxygen atoms in total. The summed E-state index contributed by atoms with van der Waals surface area (Å²) >= 11 is 3.39. The predicted octanol–water partition coefficient (Wildman–Crippen LogP) is 4.22. The molecule has 0 bridgehead atoms. The van der Waals surface area contributed by atoms with Gasteiger partial charge in [-0.05, 0) is 42.8 Å². The van der Waals surface area contributed by atoms with Crippen LogP contribution in [0.2, 0.25) is 0 Å². The van der Waals surface area contributed by atoms with Crippen molar-refractivity contribution in [3.8, 4) is 0 Å². The number of benzene rings is 2. The van der Waals surface area contributed by atoms with Crippen molar-refractivity contribution in [3.63, 3.8) is 0 Å². The van der Waals surface area contributed by atoms with Gasteiger partial charge in [-0.3, -0.25) is 4.79 Å². The lowest BCUT2D eigenvalue weighted by atomic mass is 10.1. The number of nitrogens with zero attached hydrogens (tertiary/aromatic N) is 2. The van der Waals surface area contributed by atoms with Crippen LogP contribution in [-0.4, -0.2) is 15.9 Å². The topological polar surface area (TPSA) is 66.9 Å². The number of nitrogens with one attached hydrogen (secondary N) is 2. The zero-order valence-corrected chi connectivity index (χ0v) is 15.2. The van der Waals surface area contributed by atoms with E-state index in [0.29, 0.717) is 18.2 Å². The monoisotopic (exact) mass is 396 g/mol. The highest BCUT2D eigenvalue weighted by atomic mass is 79.9. The van der Waals surface area contributed by atoms with Gasteiger partial charge in [0.2, 0.25) is 5.95 Å². The summed E-state index contributed by atoms with van der Waals surface area (Å²) in [6, 6.07) is 17.3. The fraction of sp³-hybridized carbons (Fsp3) is 0.105. The fourth-order valence-corrected chi connectivity index (χ4v) is 2.57. The van der Waals surface area contributed by atoms with Gasteiger partial charge in [-0.1, -0.05) is 45.8 Å². The molecular formula is C19H17BrN4O. The molecule has 1 aromatic heterocycles. The second-order valence-corrected chi connectivity index (χ2v) is 6.48. The van der Waals surface area contributed by atoms with Crippen LogP contribution in [0.25, 0.3) is 0 Å². The Kier molecular flexibility index (Phi) is 5.40. The first-order valence-corrected chi connectivity index (χ1v) is 8.59. The van der Waals surface area contributed by atoms with Gasteiger partial charge in [-0.25, -0.2) is 9.97 Å². The van der Waals surface area contributed by atoms with E-state index in [1.807, 2.05) is 55.5 Å². The van der Waals surface area contributed by atoms with Crippen molar-refractivity contribution in [2.75, 3.05) is 5.32 Å². The molecule has 0 spiro atoms. The molecule has 0 aliphatic carbocycles. The largest absolute Gasteiger partial charge is 0.347 e. The van der Waals surface area contributed by atoms with E-state index in [1.54, 1.807) is 12.3 Å². The molecule has 0 saturated carbocycles. The quantitative estimate of drug-likeness (QED) is 0.677. The maximum Gasteiger partial charge on any atom is 0.270 e. The van der Waals surface area contributed by atoms with Crippen LogP contribution in [-0.2, 0) is 6.54 Å². The summed E-state index contributed by atoms with van der Waals surface area (Å²) in [5, 5.41) is 5.96. The summed E-state index contributed by atoms with van der Waals surface area (Å²) in [6.07, 6.45) is 1.57. The SMILES string of the molecule is Cc1cccc(CNC(=O)c2ccnc(Nc3ccc(Br)cc3)n2)c1. The van der Waals surface area contributed by atoms with E-state index in [9.17, 15) is 4.79 Å². The molecule has 0 unspecified atom stereocenters. The van der Waals surface area contributed by atoms with E-state index in [1.165, 1.54) is 0 Å². The van der Waals surface area contributed by atoms with Crippen molar-refractivity contribution in [3.05, 3.63) is 82.1 Å². The molecular weight excluding hydrogens is 380 g/mol. The molecule has 126 valence electrons. The van der Waals surface area contributed by atoms with Crippen molar-refractivity contribution in [1.82, 2.24) is 15.3 Å². The number of aromatic nitrogens is 2. The zero-order valence-electron chi connectivity index (χ0n) is 13.7. The lowest BCUT2D eigenvalue weighted by Gasteiger charge is -2.08. The van der Waals surface area contributed by atoms with Crippen LogP contribution in [0.4, 0.5) is 11.6 Å². The summed E-state index contributed by atoms with van der Waals surface area (Å²) in [5.41, 5.74) is 3.38. The predicted molar refractivity (Wildman–Crippen MR) is 102 cm³/mol. The molecule has 0 aliphatic heterocycles. The Hall–Kier alpha value is -2.73. The van der Waals surface area contributed by atoms with E-state index >= 15 is 0 Å². The zero-order chi connectivity index (χ0) is 17.6. The minimum absolute atomic E-state index is 0.234. The summed E-state index contributed by atoms with van der Waals surface area (Å²) in [7, 11) is 0. The molecule has 0 saturated heterocycles. The van der Waals surface area contributed by atoms with Crippen LogP contribution in [0.15, 0.2) is 65.3 Å². The number of anilines is 2. The van der Waals surface area contributed by atoms with E-state index in [-0.39, 0.29) is 5.91 Å². The van der Waals surface area contributed by atoms with Crippen LogP contribution < -0.4 is 10.6 Å². The van der Waals surface area contributed by atoms with E-state index in [4.69, 9.17) is 0 Å². The highest BCUT2D eigenvalue weighted by Gasteiger charge is 2.09. The van der Waals surface area contributed by atoms with Crippen molar-refractivity contribution >= 4 is 33.5 Å². The van der Waals surface area contributed by atoms with Crippen molar-refractivity contribution in [2.45, 2.75) is 13.5 Å². The number of amides is 1. The smallest absolute Gasteiger partial charge is 0.270 e. The molecule has 0 atom stereocenters. The van der Waals surface area contributed by atoms with Crippen LogP contribution in [0.5, 0.6) is 0 Å². The fourth-order valence-electron chi connectivity index (χ4n) is 2.30. The number of carbonyl (C=O) groups is 1. The third-order valence-corrected chi connectivity index (χ3v) is 4.05. The minimum atomic E-state index is -0.234. The summed E-state index contributed by atoms with van der Waals surface area (Å²) in [6.45, 7) is 2.48. The molecule has 1 heterocycles. The highest BCUT2D eigenvalue weighted by Crippen LogP contribution is 2.17. The Morgan fingerprint density at radius 2 is 1.92 bits per heavy atom. The minimum Gasteiger partial charge on any atom is -0.347 e. The Morgan fingerprint density at radius 1 is 1.12 bits per heavy atom.